The highest BCUT2D eigenvalue weighted by molar-refractivity contribution is 5.86. The highest BCUT2D eigenvalue weighted by Crippen LogP contribution is 2.23. The zero-order valence-electron chi connectivity index (χ0n) is 15.2. The summed E-state index contributed by atoms with van der Waals surface area (Å²) in [7, 11) is 0. The molecule has 0 aliphatic rings. The number of carboxylic acids is 1. The molecule has 2 aromatic rings. The lowest BCUT2D eigenvalue weighted by atomic mass is 9.99. The number of fused-ring (bicyclic) bond motifs is 1. The topological polar surface area (TPSA) is 106 Å². The third-order valence-corrected chi connectivity index (χ3v) is 4.38. The second-order valence-corrected chi connectivity index (χ2v) is 6.38. The second kappa shape index (κ2) is 8.03. The summed E-state index contributed by atoms with van der Waals surface area (Å²) < 4.78 is 10.7. The van der Waals surface area contributed by atoms with Crippen molar-refractivity contribution < 1.29 is 23.8 Å². The van der Waals surface area contributed by atoms with Gasteiger partial charge in [0.25, 0.3) is 5.91 Å². The van der Waals surface area contributed by atoms with Crippen LogP contribution in [0, 0.1) is 12.8 Å². The van der Waals surface area contributed by atoms with Crippen LogP contribution in [0.4, 0.5) is 0 Å². The number of ether oxygens (including phenoxy) is 1. The van der Waals surface area contributed by atoms with Gasteiger partial charge in [-0.15, -0.1) is 0 Å². The number of nitrogens with one attached hydrogen (secondary N) is 1. The van der Waals surface area contributed by atoms with Crippen molar-refractivity contribution in [3.8, 4) is 5.75 Å². The second-order valence-electron chi connectivity index (χ2n) is 6.38. The number of carboxylic acid groups (broad SMARTS) is 1. The lowest BCUT2D eigenvalue weighted by Gasteiger charge is -2.22. The van der Waals surface area contributed by atoms with Crippen molar-refractivity contribution in [1.29, 1.82) is 0 Å². The molecule has 0 aliphatic heterocycles. The van der Waals surface area contributed by atoms with Gasteiger partial charge in [-0.3, -0.25) is 4.79 Å². The van der Waals surface area contributed by atoms with Crippen molar-refractivity contribution in [2.75, 3.05) is 0 Å². The Bertz CT molecular complexity index is 872. The van der Waals surface area contributed by atoms with E-state index in [2.05, 4.69) is 5.32 Å². The highest BCUT2D eigenvalue weighted by atomic mass is 16.5. The molecule has 7 nitrogen and oxygen atoms in total. The van der Waals surface area contributed by atoms with Gasteiger partial charge in [-0.1, -0.05) is 20.3 Å². The first kappa shape index (κ1) is 19.5. The van der Waals surface area contributed by atoms with Crippen LogP contribution in [0.1, 0.15) is 32.8 Å². The van der Waals surface area contributed by atoms with E-state index in [-0.39, 0.29) is 5.92 Å². The number of amides is 1. The summed E-state index contributed by atoms with van der Waals surface area (Å²) in [5.74, 6) is -1.46. The van der Waals surface area contributed by atoms with Gasteiger partial charge in [-0.25, -0.2) is 9.59 Å². The Morgan fingerprint density at radius 1 is 1.27 bits per heavy atom. The number of aliphatic carboxylic acids is 1. The lowest BCUT2D eigenvalue weighted by molar-refractivity contribution is -0.144. The zero-order chi connectivity index (χ0) is 19.4. The van der Waals surface area contributed by atoms with Crippen LogP contribution < -0.4 is 15.7 Å². The summed E-state index contributed by atoms with van der Waals surface area (Å²) in [6.45, 7) is 6.95. The summed E-state index contributed by atoms with van der Waals surface area (Å²) in [6.07, 6.45) is -0.287. The molecule has 1 heterocycles. The minimum atomic E-state index is -1.08. The standard InChI is InChI=1S/C19H23NO6/c1-5-10(2)17(19(23)24)20-18(22)12(4)25-13-6-7-14-11(3)8-16(21)26-15(14)9-13/h6-10,12,17H,5H2,1-4H3,(H,20,22)(H,23,24)/t10-,12?,17+/m1/s1. The quantitative estimate of drug-likeness (QED) is 0.734. The third-order valence-electron chi connectivity index (χ3n) is 4.38. The fourth-order valence-electron chi connectivity index (χ4n) is 2.59. The predicted octanol–water partition coefficient (Wildman–Crippen LogP) is 2.48. The van der Waals surface area contributed by atoms with Crippen LogP contribution in [-0.4, -0.2) is 29.1 Å². The van der Waals surface area contributed by atoms with E-state index < -0.39 is 29.6 Å². The number of hydrogen-bond donors (Lipinski definition) is 2. The monoisotopic (exact) mass is 361 g/mol. The van der Waals surface area contributed by atoms with Gasteiger partial charge in [-0.05, 0) is 37.5 Å². The van der Waals surface area contributed by atoms with Crippen molar-refractivity contribution in [3.05, 3.63) is 40.2 Å². The molecule has 7 heteroatoms. The van der Waals surface area contributed by atoms with Crippen molar-refractivity contribution in [2.45, 2.75) is 46.3 Å². The third kappa shape index (κ3) is 4.41. The Morgan fingerprint density at radius 2 is 1.96 bits per heavy atom. The van der Waals surface area contributed by atoms with E-state index in [1.54, 1.807) is 26.0 Å². The molecule has 3 atom stereocenters. The average Bonchev–Trinajstić information content (AvgIpc) is 2.57. The number of hydrogen-bond acceptors (Lipinski definition) is 5. The minimum absolute atomic E-state index is 0.207. The van der Waals surface area contributed by atoms with E-state index in [1.165, 1.54) is 19.1 Å². The normalized spacial score (nSPS) is 14.5. The molecule has 1 unspecified atom stereocenters. The van der Waals surface area contributed by atoms with Gasteiger partial charge in [0.1, 0.15) is 17.4 Å². The van der Waals surface area contributed by atoms with E-state index in [1.807, 2.05) is 6.92 Å². The number of carbonyl (C=O) groups is 2. The van der Waals surface area contributed by atoms with Gasteiger partial charge in [0.05, 0.1) is 0 Å². The Morgan fingerprint density at radius 3 is 2.58 bits per heavy atom. The number of aryl methyl sites for hydroxylation is 1. The molecule has 1 amide bonds. The molecule has 26 heavy (non-hydrogen) atoms. The minimum Gasteiger partial charge on any atom is -0.481 e. The molecule has 140 valence electrons. The van der Waals surface area contributed by atoms with Gasteiger partial charge in [0, 0.05) is 17.5 Å². The molecule has 0 bridgehead atoms. The van der Waals surface area contributed by atoms with Crippen molar-refractivity contribution >= 4 is 22.8 Å². The predicted molar refractivity (Wildman–Crippen MR) is 96.3 cm³/mol. The Kier molecular flexibility index (Phi) is 6.02. The van der Waals surface area contributed by atoms with E-state index in [0.717, 1.165) is 10.9 Å². The van der Waals surface area contributed by atoms with Crippen molar-refractivity contribution in [1.82, 2.24) is 5.32 Å². The maximum Gasteiger partial charge on any atom is 0.336 e. The summed E-state index contributed by atoms with van der Waals surface area (Å²) >= 11 is 0. The van der Waals surface area contributed by atoms with Crippen LogP contribution in [-0.2, 0) is 9.59 Å². The smallest absolute Gasteiger partial charge is 0.336 e. The Labute approximate surface area is 151 Å². The van der Waals surface area contributed by atoms with Gasteiger partial charge < -0.3 is 19.6 Å². The summed E-state index contributed by atoms with van der Waals surface area (Å²) in [5, 5.41) is 12.5. The summed E-state index contributed by atoms with van der Waals surface area (Å²) in [4.78, 5) is 35.1. The van der Waals surface area contributed by atoms with E-state index in [0.29, 0.717) is 17.8 Å². The molecule has 0 saturated carbocycles. The van der Waals surface area contributed by atoms with Gasteiger partial charge in [0.15, 0.2) is 6.10 Å². The first-order valence-electron chi connectivity index (χ1n) is 8.47. The van der Waals surface area contributed by atoms with Gasteiger partial charge in [0.2, 0.25) is 0 Å². The van der Waals surface area contributed by atoms with Gasteiger partial charge in [-0.2, -0.15) is 0 Å². The molecule has 0 saturated heterocycles. The number of carbonyl (C=O) groups excluding carboxylic acids is 1. The molecule has 1 aromatic heterocycles. The van der Waals surface area contributed by atoms with Crippen LogP contribution in [0.15, 0.2) is 33.5 Å². The molecular formula is C19H23NO6. The van der Waals surface area contributed by atoms with E-state index in [4.69, 9.17) is 9.15 Å². The molecule has 0 radical (unpaired) electrons. The maximum absolute atomic E-state index is 12.3. The zero-order valence-corrected chi connectivity index (χ0v) is 15.2. The van der Waals surface area contributed by atoms with Crippen LogP contribution in [0.3, 0.4) is 0 Å². The van der Waals surface area contributed by atoms with Crippen molar-refractivity contribution in [2.24, 2.45) is 5.92 Å². The average molecular weight is 361 g/mol. The molecule has 1 aromatic carbocycles. The van der Waals surface area contributed by atoms with E-state index in [9.17, 15) is 19.5 Å². The van der Waals surface area contributed by atoms with Gasteiger partial charge >= 0.3 is 11.6 Å². The van der Waals surface area contributed by atoms with Crippen LogP contribution >= 0.6 is 0 Å². The molecule has 2 N–H and O–H groups in total. The van der Waals surface area contributed by atoms with E-state index >= 15 is 0 Å². The Balaban J connectivity index is 2.14. The summed E-state index contributed by atoms with van der Waals surface area (Å²) in [5.41, 5.74) is 0.686. The molecular weight excluding hydrogens is 338 g/mol. The number of rotatable bonds is 7. The molecule has 0 aliphatic carbocycles. The fourth-order valence-corrected chi connectivity index (χ4v) is 2.59. The van der Waals surface area contributed by atoms with Crippen LogP contribution in [0.2, 0.25) is 0 Å². The fraction of sp³-hybridized carbons (Fsp3) is 0.421. The molecule has 2 rings (SSSR count). The highest BCUT2D eigenvalue weighted by Gasteiger charge is 2.27. The van der Waals surface area contributed by atoms with Crippen LogP contribution in [0.25, 0.3) is 11.0 Å². The largest absolute Gasteiger partial charge is 0.481 e. The first-order valence-corrected chi connectivity index (χ1v) is 8.47. The SMILES string of the molecule is CC[C@@H](C)[C@H](NC(=O)C(C)Oc1ccc2c(C)cc(=O)oc2c1)C(=O)O. The number of benzene rings is 1. The first-order chi connectivity index (χ1) is 12.2. The molecule has 0 spiro atoms. The summed E-state index contributed by atoms with van der Waals surface area (Å²) in [6, 6.07) is 5.38. The van der Waals surface area contributed by atoms with Crippen LogP contribution in [0.5, 0.6) is 5.75 Å². The van der Waals surface area contributed by atoms with Crippen molar-refractivity contribution in [3.63, 3.8) is 0 Å². The molecule has 0 fully saturated rings. The lowest BCUT2D eigenvalue weighted by Crippen LogP contribution is -2.49. The maximum atomic E-state index is 12.3. The Hall–Kier alpha value is -2.83.